The molecular weight excluding hydrogens is 260 g/mol. The van der Waals surface area contributed by atoms with E-state index in [1.54, 1.807) is 30.2 Å². The second-order valence-corrected chi connectivity index (χ2v) is 4.84. The SMILES string of the molecule is CCOC(=O)c1cccnc1N1CCC(C)C1C(=O)O. The van der Waals surface area contributed by atoms with E-state index in [0.717, 1.165) is 6.42 Å². The van der Waals surface area contributed by atoms with Crippen LogP contribution in [-0.4, -0.2) is 41.2 Å². The highest BCUT2D eigenvalue weighted by Crippen LogP contribution is 2.30. The molecule has 2 atom stereocenters. The summed E-state index contributed by atoms with van der Waals surface area (Å²) in [6, 6.07) is 2.60. The van der Waals surface area contributed by atoms with Gasteiger partial charge in [0.2, 0.25) is 0 Å². The summed E-state index contributed by atoms with van der Waals surface area (Å²) < 4.78 is 5.00. The topological polar surface area (TPSA) is 79.7 Å². The lowest BCUT2D eigenvalue weighted by molar-refractivity contribution is -0.139. The maximum absolute atomic E-state index is 11.9. The molecule has 1 aliphatic rings. The van der Waals surface area contributed by atoms with Crippen molar-refractivity contribution in [2.75, 3.05) is 18.1 Å². The van der Waals surface area contributed by atoms with Gasteiger partial charge in [-0.15, -0.1) is 0 Å². The minimum Gasteiger partial charge on any atom is -0.480 e. The molecule has 1 aliphatic heterocycles. The molecule has 108 valence electrons. The van der Waals surface area contributed by atoms with Crippen molar-refractivity contribution < 1.29 is 19.4 Å². The number of carbonyl (C=O) groups is 2. The third-order valence-corrected chi connectivity index (χ3v) is 3.51. The van der Waals surface area contributed by atoms with E-state index in [2.05, 4.69) is 4.98 Å². The number of pyridine rings is 1. The standard InChI is InChI=1S/C14H18N2O4/c1-3-20-14(19)10-5-4-7-15-12(10)16-8-6-9(2)11(16)13(17)18/h4-5,7,9,11H,3,6,8H2,1-2H3,(H,17,18). The number of ether oxygens (including phenoxy) is 1. The number of carboxylic acid groups (broad SMARTS) is 1. The van der Waals surface area contributed by atoms with Crippen molar-refractivity contribution in [3.63, 3.8) is 0 Å². The van der Waals surface area contributed by atoms with Crippen LogP contribution in [0, 0.1) is 5.92 Å². The number of aromatic nitrogens is 1. The highest BCUT2D eigenvalue weighted by molar-refractivity contribution is 5.95. The molecule has 0 aliphatic carbocycles. The summed E-state index contributed by atoms with van der Waals surface area (Å²) in [4.78, 5) is 29.2. The van der Waals surface area contributed by atoms with Crippen LogP contribution in [-0.2, 0) is 9.53 Å². The van der Waals surface area contributed by atoms with Gasteiger partial charge in [0, 0.05) is 12.7 Å². The van der Waals surface area contributed by atoms with Crippen LogP contribution in [0.25, 0.3) is 0 Å². The average Bonchev–Trinajstić information content (AvgIpc) is 2.81. The smallest absolute Gasteiger partial charge is 0.341 e. The van der Waals surface area contributed by atoms with E-state index in [1.165, 1.54) is 0 Å². The van der Waals surface area contributed by atoms with Crippen LogP contribution in [0.1, 0.15) is 30.6 Å². The summed E-state index contributed by atoms with van der Waals surface area (Å²) in [5.41, 5.74) is 0.315. The molecule has 0 aromatic carbocycles. The van der Waals surface area contributed by atoms with Crippen LogP contribution in [0.5, 0.6) is 0 Å². The largest absolute Gasteiger partial charge is 0.480 e. The predicted molar refractivity (Wildman–Crippen MR) is 72.7 cm³/mol. The second-order valence-electron chi connectivity index (χ2n) is 4.84. The predicted octanol–water partition coefficient (Wildman–Crippen LogP) is 1.56. The number of hydrogen-bond acceptors (Lipinski definition) is 5. The van der Waals surface area contributed by atoms with Gasteiger partial charge in [0.05, 0.1) is 6.61 Å². The van der Waals surface area contributed by atoms with Crippen molar-refractivity contribution in [1.82, 2.24) is 4.98 Å². The van der Waals surface area contributed by atoms with Crippen molar-refractivity contribution in [3.8, 4) is 0 Å². The Kier molecular flexibility index (Phi) is 4.22. The number of carboxylic acids is 1. The number of anilines is 1. The summed E-state index contributed by atoms with van der Waals surface area (Å²) in [5.74, 6) is -0.956. The minimum absolute atomic E-state index is 0.0181. The number of aliphatic carboxylic acids is 1. The Morgan fingerprint density at radius 1 is 1.55 bits per heavy atom. The van der Waals surface area contributed by atoms with Gasteiger partial charge in [0.15, 0.2) is 0 Å². The van der Waals surface area contributed by atoms with Crippen molar-refractivity contribution >= 4 is 17.8 Å². The summed E-state index contributed by atoms with van der Waals surface area (Å²) in [7, 11) is 0. The van der Waals surface area contributed by atoms with Gasteiger partial charge in [-0.3, -0.25) is 0 Å². The van der Waals surface area contributed by atoms with Gasteiger partial charge < -0.3 is 14.7 Å². The van der Waals surface area contributed by atoms with Gasteiger partial charge in [-0.1, -0.05) is 6.92 Å². The second kappa shape index (κ2) is 5.90. The molecule has 1 N–H and O–H groups in total. The molecule has 2 heterocycles. The summed E-state index contributed by atoms with van der Waals surface area (Å²) in [6.45, 7) is 4.46. The highest BCUT2D eigenvalue weighted by atomic mass is 16.5. The maximum atomic E-state index is 11.9. The molecule has 6 heteroatoms. The Morgan fingerprint density at radius 3 is 2.95 bits per heavy atom. The maximum Gasteiger partial charge on any atom is 0.341 e. The lowest BCUT2D eigenvalue weighted by atomic mass is 10.0. The Bertz CT molecular complexity index is 518. The van der Waals surface area contributed by atoms with Crippen LogP contribution >= 0.6 is 0 Å². The number of esters is 1. The summed E-state index contributed by atoms with van der Waals surface area (Å²) in [5, 5.41) is 9.36. The van der Waals surface area contributed by atoms with Gasteiger partial charge in [-0.25, -0.2) is 14.6 Å². The minimum atomic E-state index is -0.893. The van der Waals surface area contributed by atoms with Crippen LogP contribution < -0.4 is 4.90 Å². The fourth-order valence-corrected chi connectivity index (χ4v) is 2.56. The lowest BCUT2D eigenvalue weighted by Crippen LogP contribution is -2.40. The molecule has 1 saturated heterocycles. The van der Waals surface area contributed by atoms with E-state index in [4.69, 9.17) is 4.74 Å². The van der Waals surface area contributed by atoms with Crippen molar-refractivity contribution in [1.29, 1.82) is 0 Å². The van der Waals surface area contributed by atoms with E-state index in [-0.39, 0.29) is 12.5 Å². The molecule has 0 bridgehead atoms. The van der Waals surface area contributed by atoms with Crippen LogP contribution in [0.4, 0.5) is 5.82 Å². The molecule has 0 saturated carbocycles. The Morgan fingerprint density at radius 2 is 2.30 bits per heavy atom. The van der Waals surface area contributed by atoms with Crippen LogP contribution in [0.2, 0.25) is 0 Å². The van der Waals surface area contributed by atoms with E-state index in [1.807, 2.05) is 6.92 Å². The fourth-order valence-electron chi connectivity index (χ4n) is 2.56. The van der Waals surface area contributed by atoms with Gasteiger partial charge >= 0.3 is 11.9 Å². The monoisotopic (exact) mass is 278 g/mol. The number of nitrogens with zero attached hydrogens (tertiary/aromatic N) is 2. The first-order valence-electron chi connectivity index (χ1n) is 6.67. The highest BCUT2D eigenvalue weighted by Gasteiger charge is 2.39. The molecule has 2 unspecified atom stereocenters. The third kappa shape index (κ3) is 2.59. The van der Waals surface area contributed by atoms with Crippen LogP contribution in [0.3, 0.4) is 0 Å². The molecule has 20 heavy (non-hydrogen) atoms. The van der Waals surface area contributed by atoms with Crippen LogP contribution in [0.15, 0.2) is 18.3 Å². The Balaban J connectivity index is 2.37. The first-order valence-corrected chi connectivity index (χ1v) is 6.67. The Hall–Kier alpha value is -2.11. The van der Waals surface area contributed by atoms with E-state index in [9.17, 15) is 14.7 Å². The molecule has 6 nitrogen and oxygen atoms in total. The van der Waals surface area contributed by atoms with Gasteiger partial charge in [-0.2, -0.15) is 0 Å². The van der Waals surface area contributed by atoms with E-state index >= 15 is 0 Å². The third-order valence-electron chi connectivity index (χ3n) is 3.51. The average molecular weight is 278 g/mol. The number of hydrogen-bond donors (Lipinski definition) is 1. The zero-order valence-corrected chi connectivity index (χ0v) is 11.6. The molecule has 1 fully saturated rings. The normalized spacial score (nSPS) is 21.8. The lowest BCUT2D eigenvalue weighted by Gasteiger charge is -2.25. The Labute approximate surface area is 117 Å². The number of rotatable bonds is 4. The van der Waals surface area contributed by atoms with Gasteiger partial charge in [0.1, 0.15) is 17.4 Å². The summed E-state index contributed by atoms with van der Waals surface area (Å²) in [6.07, 6.45) is 2.32. The molecule has 0 radical (unpaired) electrons. The van der Waals surface area contributed by atoms with E-state index < -0.39 is 18.0 Å². The molecule has 0 spiro atoms. The molecule has 2 rings (SSSR count). The van der Waals surface area contributed by atoms with Crippen molar-refractivity contribution in [3.05, 3.63) is 23.9 Å². The van der Waals surface area contributed by atoms with E-state index in [0.29, 0.717) is 17.9 Å². The van der Waals surface area contributed by atoms with Crippen molar-refractivity contribution in [2.24, 2.45) is 5.92 Å². The molecule has 1 aromatic heterocycles. The summed E-state index contributed by atoms with van der Waals surface area (Å²) >= 11 is 0. The van der Waals surface area contributed by atoms with Gasteiger partial charge in [0.25, 0.3) is 0 Å². The zero-order chi connectivity index (χ0) is 14.7. The quantitative estimate of drug-likeness (QED) is 0.842. The molecular formula is C14H18N2O4. The van der Waals surface area contributed by atoms with Gasteiger partial charge in [-0.05, 0) is 31.4 Å². The molecule has 0 amide bonds. The zero-order valence-electron chi connectivity index (χ0n) is 11.6. The first kappa shape index (κ1) is 14.3. The molecule has 1 aromatic rings. The fraction of sp³-hybridized carbons (Fsp3) is 0.500. The first-order chi connectivity index (χ1) is 9.56. The van der Waals surface area contributed by atoms with Crippen molar-refractivity contribution in [2.45, 2.75) is 26.3 Å². The number of carbonyl (C=O) groups excluding carboxylic acids is 1.